The Kier molecular flexibility index (Phi) is 4.52. The molecule has 1 saturated heterocycles. The average molecular weight is 251 g/mol. The first-order chi connectivity index (χ1) is 8.70. The van der Waals surface area contributed by atoms with E-state index in [0.717, 1.165) is 13.1 Å². The predicted octanol–water partition coefficient (Wildman–Crippen LogP) is -0.104. The van der Waals surface area contributed by atoms with Gasteiger partial charge in [0.2, 0.25) is 0 Å². The van der Waals surface area contributed by atoms with Crippen LogP contribution in [0.3, 0.4) is 0 Å². The first-order valence-electron chi connectivity index (χ1n) is 6.42. The lowest BCUT2D eigenvalue weighted by Gasteiger charge is -2.37. The molecule has 1 aromatic heterocycles. The van der Waals surface area contributed by atoms with Crippen LogP contribution < -0.4 is 11.3 Å². The lowest BCUT2D eigenvalue weighted by molar-refractivity contribution is -0.0543. The van der Waals surface area contributed by atoms with Crippen LogP contribution in [0.4, 0.5) is 0 Å². The maximum atomic E-state index is 11.6. The van der Waals surface area contributed by atoms with E-state index in [1.165, 1.54) is 0 Å². The van der Waals surface area contributed by atoms with Gasteiger partial charge in [-0.05, 0) is 13.0 Å². The minimum Gasteiger partial charge on any atom is -0.374 e. The lowest BCUT2D eigenvalue weighted by atomic mass is 10.2. The van der Waals surface area contributed by atoms with Crippen LogP contribution in [0.25, 0.3) is 0 Å². The first kappa shape index (κ1) is 13.3. The molecule has 5 heteroatoms. The molecule has 0 saturated carbocycles. The molecule has 0 aliphatic carbocycles. The second-order valence-electron chi connectivity index (χ2n) is 4.77. The van der Waals surface area contributed by atoms with E-state index in [1.807, 2.05) is 12.3 Å². The Morgan fingerprint density at radius 2 is 2.28 bits per heavy atom. The molecule has 0 bridgehead atoms. The summed E-state index contributed by atoms with van der Waals surface area (Å²) in [6.45, 7) is 5.81. The normalized spacial score (nSPS) is 25.2. The smallest absolute Gasteiger partial charge is 0.250 e. The van der Waals surface area contributed by atoms with Crippen molar-refractivity contribution in [3.05, 3.63) is 34.7 Å². The highest BCUT2D eigenvalue weighted by molar-refractivity contribution is 4.93. The Morgan fingerprint density at radius 1 is 1.44 bits per heavy atom. The second-order valence-corrected chi connectivity index (χ2v) is 4.77. The van der Waals surface area contributed by atoms with Gasteiger partial charge in [0.1, 0.15) is 0 Å². The molecule has 0 spiro atoms. The minimum absolute atomic E-state index is 0.0498. The summed E-state index contributed by atoms with van der Waals surface area (Å²) in [6, 6.07) is 5.62. The Bertz CT molecular complexity index is 432. The van der Waals surface area contributed by atoms with E-state index in [-0.39, 0.29) is 11.7 Å². The summed E-state index contributed by atoms with van der Waals surface area (Å²) in [7, 11) is 0. The molecule has 0 amide bonds. The number of nitrogens with zero attached hydrogens (tertiary/aromatic N) is 2. The van der Waals surface area contributed by atoms with Crippen molar-refractivity contribution in [2.75, 3.05) is 26.2 Å². The molecule has 0 aromatic carbocycles. The van der Waals surface area contributed by atoms with Gasteiger partial charge in [-0.3, -0.25) is 9.69 Å². The third-order valence-corrected chi connectivity index (χ3v) is 3.42. The topological polar surface area (TPSA) is 60.5 Å². The van der Waals surface area contributed by atoms with E-state index in [0.29, 0.717) is 25.7 Å². The molecule has 18 heavy (non-hydrogen) atoms. The van der Waals surface area contributed by atoms with E-state index in [1.54, 1.807) is 16.7 Å². The third kappa shape index (κ3) is 3.19. The molecule has 2 N–H and O–H groups in total. The van der Waals surface area contributed by atoms with Crippen molar-refractivity contribution in [3.8, 4) is 0 Å². The quantitative estimate of drug-likeness (QED) is 0.811. The second kappa shape index (κ2) is 6.13. The zero-order chi connectivity index (χ0) is 13.0. The van der Waals surface area contributed by atoms with Gasteiger partial charge in [0, 0.05) is 44.5 Å². The molecular weight excluding hydrogens is 230 g/mol. The number of nitrogens with two attached hydrogens (primary N) is 1. The van der Waals surface area contributed by atoms with Gasteiger partial charge in [-0.25, -0.2) is 0 Å². The number of morpholine rings is 1. The number of hydrogen-bond acceptors (Lipinski definition) is 4. The van der Waals surface area contributed by atoms with Gasteiger partial charge in [0.05, 0.1) is 12.7 Å². The van der Waals surface area contributed by atoms with Crippen LogP contribution in [0.15, 0.2) is 29.2 Å². The van der Waals surface area contributed by atoms with Crippen LogP contribution in [-0.2, 0) is 11.3 Å². The molecule has 2 unspecified atom stereocenters. The van der Waals surface area contributed by atoms with Gasteiger partial charge >= 0.3 is 0 Å². The molecule has 2 atom stereocenters. The van der Waals surface area contributed by atoms with Gasteiger partial charge in [0.15, 0.2) is 0 Å². The van der Waals surface area contributed by atoms with E-state index < -0.39 is 0 Å². The lowest BCUT2D eigenvalue weighted by Crippen LogP contribution is -2.51. The fourth-order valence-corrected chi connectivity index (χ4v) is 2.21. The summed E-state index contributed by atoms with van der Waals surface area (Å²) >= 11 is 0. The summed E-state index contributed by atoms with van der Waals surface area (Å²) in [5.74, 6) is 0. The van der Waals surface area contributed by atoms with Crippen LogP contribution in [0.5, 0.6) is 0 Å². The Labute approximate surface area is 107 Å². The Morgan fingerprint density at radius 3 is 3.00 bits per heavy atom. The minimum atomic E-state index is 0.0498. The maximum Gasteiger partial charge on any atom is 0.250 e. The molecule has 1 aliphatic heterocycles. The predicted molar refractivity (Wildman–Crippen MR) is 70.5 cm³/mol. The molecule has 1 fully saturated rings. The van der Waals surface area contributed by atoms with Crippen LogP contribution in [-0.4, -0.2) is 47.9 Å². The van der Waals surface area contributed by atoms with Crippen molar-refractivity contribution in [1.29, 1.82) is 0 Å². The van der Waals surface area contributed by atoms with Crippen molar-refractivity contribution < 1.29 is 4.74 Å². The number of ether oxygens (including phenoxy) is 1. The SMILES string of the molecule is CC1COC(CN)CN1CCn1ccccc1=O. The molecule has 100 valence electrons. The van der Waals surface area contributed by atoms with Crippen molar-refractivity contribution in [3.63, 3.8) is 0 Å². The van der Waals surface area contributed by atoms with Gasteiger partial charge < -0.3 is 15.0 Å². The molecule has 1 aromatic rings. The summed E-state index contributed by atoms with van der Waals surface area (Å²) in [5, 5.41) is 0. The van der Waals surface area contributed by atoms with Crippen LogP contribution in [0, 0.1) is 0 Å². The van der Waals surface area contributed by atoms with Crippen molar-refractivity contribution in [1.82, 2.24) is 9.47 Å². The summed E-state index contributed by atoms with van der Waals surface area (Å²) in [5.41, 5.74) is 5.69. The monoisotopic (exact) mass is 251 g/mol. The van der Waals surface area contributed by atoms with Crippen molar-refractivity contribution >= 4 is 0 Å². The molecule has 0 radical (unpaired) electrons. The number of aromatic nitrogens is 1. The number of pyridine rings is 1. The largest absolute Gasteiger partial charge is 0.374 e. The highest BCUT2D eigenvalue weighted by atomic mass is 16.5. The van der Waals surface area contributed by atoms with Crippen molar-refractivity contribution in [2.24, 2.45) is 5.73 Å². The van der Waals surface area contributed by atoms with Gasteiger partial charge in [-0.15, -0.1) is 0 Å². The molecular formula is C13H21N3O2. The molecule has 2 heterocycles. The highest BCUT2D eigenvalue weighted by Gasteiger charge is 2.24. The maximum absolute atomic E-state index is 11.6. The third-order valence-electron chi connectivity index (χ3n) is 3.42. The van der Waals surface area contributed by atoms with E-state index in [4.69, 9.17) is 10.5 Å². The highest BCUT2D eigenvalue weighted by Crippen LogP contribution is 2.10. The first-order valence-corrected chi connectivity index (χ1v) is 6.42. The Hall–Kier alpha value is -1.17. The Balaban J connectivity index is 1.93. The van der Waals surface area contributed by atoms with Crippen LogP contribution >= 0.6 is 0 Å². The van der Waals surface area contributed by atoms with Crippen molar-refractivity contribution in [2.45, 2.75) is 25.6 Å². The summed E-state index contributed by atoms with van der Waals surface area (Å²) in [4.78, 5) is 13.9. The molecule has 2 rings (SSSR count). The van der Waals surface area contributed by atoms with E-state index >= 15 is 0 Å². The van der Waals surface area contributed by atoms with Crippen LogP contribution in [0.1, 0.15) is 6.92 Å². The number of hydrogen-bond donors (Lipinski definition) is 1. The van der Waals surface area contributed by atoms with Gasteiger partial charge in [0.25, 0.3) is 5.56 Å². The van der Waals surface area contributed by atoms with Crippen LogP contribution in [0.2, 0.25) is 0 Å². The summed E-state index contributed by atoms with van der Waals surface area (Å²) < 4.78 is 7.35. The van der Waals surface area contributed by atoms with E-state index in [9.17, 15) is 4.79 Å². The fourth-order valence-electron chi connectivity index (χ4n) is 2.21. The zero-order valence-corrected chi connectivity index (χ0v) is 10.8. The van der Waals surface area contributed by atoms with Gasteiger partial charge in [-0.1, -0.05) is 6.07 Å². The summed E-state index contributed by atoms with van der Waals surface area (Å²) in [6.07, 6.45) is 1.95. The fraction of sp³-hybridized carbons (Fsp3) is 0.615. The number of rotatable bonds is 4. The molecule has 5 nitrogen and oxygen atoms in total. The van der Waals surface area contributed by atoms with Gasteiger partial charge in [-0.2, -0.15) is 0 Å². The zero-order valence-electron chi connectivity index (χ0n) is 10.8. The average Bonchev–Trinajstić information content (AvgIpc) is 2.39. The molecule has 1 aliphatic rings. The standard InChI is InChI=1S/C13H21N3O2/c1-11-10-18-12(8-14)9-16(11)7-6-15-5-3-2-4-13(15)17/h2-5,11-12H,6-10,14H2,1H3. The van der Waals surface area contributed by atoms with E-state index in [2.05, 4.69) is 11.8 Å².